The molecule has 0 saturated heterocycles. The van der Waals surface area contributed by atoms with Crippen molar-refractivity contribution < 1.29 is 14.0 Å². The van der Waals surface area contributed by atoms with Gasteiger partial charge in [-0.1, -0.05) is 38.3 Å². The third kappa shape index (κ3) is 5.45. The number of hydrogen-bond acceptors (Lipinski definition) is 3. The van der Waals surface area contributed by atoms with Crippen LogP contribution < -0.4 is 10.6 Å². The summed E-state index contributed by atoms with van der Waals surface area (Å²) in [6.07, 6.45) is 6.23. The summed E-state index contributed by atoms with van der Waals surface area (Å²) in [6, 6.07) is 10.9. The van der Waals surface area contributed by atoms with E-state index in [9.17, 15) is 9.59 Å². The molecule has 0 spiro atoms. The average Bonchev–Trinajstić information content (AvgIpc) is 3.10. The number of halogens is 1. The van der Waals surface area contributed by atoms with Gasteiger partial charge in [0.2, 0.25) is 5.91 Å². The fourth-order valence-corrected chi connectivity index (χ4v) is 3.97. The predicted octanol–water partition coefficient (Wildman–Crippen LogP) is 4.92. The molecule has 2 atom stereocenters. The number of carbonyl (C=O) groups excluding carboxylic acids is 2. The maximum atomic E-state index is 12.4. The van der Waals surface area contributed by atoms with Crippen LogP contribution in [0.25, 0.3) is 0 Å². The van der Waals surface area contributed by atoms with Crippen molar-refractivity contribution in [1.29, 1.82) is 0 Å². The second-order valence-corrected chi connectivity index (χ2v) is 7.84. The van der Waals surface area contributed by atoms with Crippen LogP contribution >= 0.6 is 15.9 Å². The minimum absolute atomic E-state index is 0.0672. The van der Waals surface area contributed by atoms with Crippen molar-refractivity contribution in [3.63, 3.8) is 0 Å². The molecule has 6 heteroatoms. The minimum atomic E-state index is -0.311. The van der Waals surface area contributed by atoms with Crippen LogP contribution in [0.15, 0.2) is 45.5 Å². The topological polar surface area (TPSA) is 71.3 Å². The molecule has 1 aromatic carbocycles. The molecular weight excluding hydrogens is 408 g/mol. The average molecular weight is 433 g/mol. The molecule has 144 valence electrons. The maximum absolute atomic E-state index is 12.4. The van der Waals surface area contributed by atoms with Crippen LogP contribution in [0.1, 0.15) is 55.1 Å². The molecule has 2 unspecified atom stereocenters. The van der Waals surface area contributed by atoms with Crippen molar-refractivity contribution in [3.8, 4) is 0 Å². The summed E-state index contributed by atoms with van der Waals surface area (Å²) in [4.78, 5) is 24.5. The zero-order valence-electron chi connectivity index (χ0n) is 15.5. The highest BCUT2D eigenvalue weighted by Gasteiger charge is 2.24. The first-order chi connectivity index (χ1) is 13.0. The number of anilines is 1. The first kappa shape index (κ1) is 19.7. The molecule has 1 aliphatic rings. The van der Waals surface area contributed by atoms with E-state index >= 15 is 0 Å². The van der Waals surface area contributed by atoms with Gasteiger partial charge in [0.05, 0.1) is 6.42 Å². The van der Waals surface area contributed by atoms with E-state index in [2.05, 4.69) is 33.5 Å². The molecular formula is C21H25BrN2O3. The Morgan fingerprint density at radius 1 is 1.11 bits per heavy atom. The summed E-state index contributed by atoms with van der Waals surface area (Å²) in [5.74, 6) is 0.594. The van der Waals surface area contributed by atoms with Crippen molar-refractivity contribution >= 4 is 33.4 Å². The standard InChI is InChI=1S/C21H25BrN2O3/c1-2-15-5-3-4-6-17(15)24-20(25)13-14-7-9-16(10-8-14)23-21(26)18-11-12-19(22)27-18/h7-12,15,17H,2-6,13H2,1H3,(H,23,26)(H,24,25). The Morgan fingerprint density at radius 2 is 1.85 bits per heavy atom. The van der Waals surface area contributed by atoms with E-state index in [1.807, 2.05) is 12.1 Å². The van der Waals surface area contributed by atoms with Gasteiger partial charge in [0, 0.05) is 11.7 Å². The van der Waals surface area contributed by atoms with E-state index in [1.165, 1.54) is 19.3 Å². The van der Waals surface area contributed by atoms with Gasteiger partial charge in [0.1, 0.15) is 0 Å². The highest BCUT2D eigenvalue weighted by molar-refractivity contribution is 9.10. The first-order valence-electron chi connectivity index (χ1n) is 9.50. The summed E-state index contributed by atoms with van der Waals surface area (Å²) < 4.78 is 5.75. The molecule has 5 nitrogen and oxygen atoms in total. The lowest BCUT2D eigenvalue weighted by molar-refractivity contribution is -0.121. The Morgan fingerprint density at radius 3 is 2.52 bits per heavy atom. The highest BCUT2D eigenvalue weighted by Crippen LogP contribution is 2.26. The van der Waals surface area contributed by atoms with Gasteiger partial charge in [-0.05, 0) is 64.5 Å². The molecule has 2 amide bonds. The molecule has 2 aromatic rings. The predicted molar refractivity (Wildman–Crippen MR) is 109 cm³/mol. The molecule has 1 fully saturated rings. The zero-order chi connectivity index (χ0) is 19.2. The number of benzene rings is 1. The molecule has 1 saturated carbocycles. The Bertz CT molecular complexity index is 785. The van der Waals surface area contributed by atoms with Crippen LogP contribution in [-0.4, -0.2) is 17.9 Å². The normalized spacial score (nSPS) is 19.5. The Hall–Kier alpha value is -2.08. The van der Waals surface area contributed by atoms with E-state index in [0.717, 1.165) is 18.4 Å². The van der Waals surface area contributed by atoms with Crippen molar-refractivity contribution in [3.05, 3.63) is 52.4 Å². The number of amides is 2. The van der Waals surface area contributed by atoms with Crippen LogP contribution in [0.5, 0.6) is 0 Å². The van der Waals surface area contributed by atoms with Gasteiger partial charge >= 0.3 is 0 Å². The summed E-state index contributed by atoms with van der Waals surface area (Å²) >= 11 is 3.18. The quantitative estimate of drug-likeness (QED) is 0.679. The lowest BCUT2D eigenvalue weighted by atomic mass is 9.83. The number of hydrogen-bond donors (Lipinski definition) is 2. The second-order valence-electron chi connectivity index (χ2n) is 7.06. The molecule has 0 aliphatic heterocycles. The van der Waals surface area contributed by atoms with E-state index in [0.29, 0.717) is 28.7 Å². The fourth-order valence-electron chi connectivity index (χ4n) is 3.66. The van der Waals surface area contributed by atoms with Gasteiger partial charge < -0.3 is 15.1 Å². The maximum Gasteiger partial charge on any atom is 0.291 e. The third-order valence-corrected chi connectivity index (χ3v) is 5.58. The van der Waals surface area contributed by atoms with Crippen molar-refractivity contribution in [2.24, 2.45) is 5.92 Å². The monoisotopic (exact) mass is 432 g/mol. The molecule has 1 heterocycles. The molecule has 1 aromatic heterocycles. The van der Waals surface area contributed by atoms with E-state index < -0.39 is 0 Å². The van der Waals surface area contributed by atoms with Gasteiger partial charge in [0.15, 0.2) is 10.4 Å². The molecule has 0 radical (unpaired) electrons. The Balaban J connectivity index is 1.52. The van der Waals surface area contributed by atoms with Crippen LogP contribution in [0, 0.1) is 5.92 Å². The molecule has 2 N–H and O–H groups in total. The third-order valence-electron chi connectivity index (χ3n) is 5.15. The fraction of sp³-hybridized carbons (Fsp3) is 0.429. The van der Waals surface area contributed by atoms with Gasteiger partial charge in [-0.25, -0.2) is 0 Å². The minimum Gasteiger partial charge on any atom is -0.444 e. The number of nitrogens with one attached hydrogen (secondary N) is 2. The lowest BCUT2D eigenvalue weighted by Gasteiger charge is -2.31. The Labute approximate surface area is 168 Å². The van der Waals surface area contributed by atoms with Crippen LogP contribution in [-0.2, 0) is 11.2 Å². The van der Waals surface area contributed by atoms with Gasteiger partial charge in [-0.15, -0.1) is 0 Å². The van der Waals surface area contributed by atoms with Crippen LogP contribution in [0.2, 0.25) is 0 Å². The summed E-state index contributed by atoms with van der Waals surface area (Å²) in [5, 5.41) is 5.99. The van der Waals surface area contributed by atoms with Crippen LogP contribution in [0.4, 0.5) is 5.69 Å². The van der Waals surface area contributed by atoms with Gasteiger partial charge in [-0.3, -0.25) is 9.59 Å². The SMILES string of the molecule is CCC1CCCCC1NC(=O)Cc1ccc(NC(=O)c2ccc(Br)o2)cc1. The second kappa shape index (κ2) is 9.22. The van der Waals surface area contributed by atoms with Crippen molar-refractivity contribution in [1.82, 2.24) is 5.32 Å². The van der Waals surface area contributed by atoms with Crippen LogP contribution in [0.3, 0.4) is 0 Å². The molecule has 1 aliphatic carbocycles. The van der Waals surface area contributed by atoms with E-state index in [1.54, 1.807) is 24.3 Å². The van der Waals surface area contributed by atoms with Gasteiger partial charge in [0.25, 0.3) is 5.91 Å². The van der Waals surface area contributed by atoms with E-state index in [-0.39, 0.29) is 17.6 Å². The summed E-state index contributed by atoms with van der Waals surface area (Å²) in [5.41, 5.74) is 1.59. The number of rotatable bonds is 6. The van der Waals surface area contributed by atoms with Crippen molar-refractivity contribution in [2.45, 2.75) is 51.5 Å². The highest BCUT2D eigenvalue weighted by atomic mass is 79.9. The largest absolute Gasteiger partial charge is 0.444 e. The molecule has 0 bridgehead atoms. The molecule has 27 heavy (non-hydrogen) atoms. The number of furan rings is 1. The summed E-state index contributed by atoms with van der Waals surface area (Å²) in [7, 11) is 0. The van der Waals surface area contributed by atoms with Gasteiger partial charge in [-0.2, -0.15) is 0 Å². The number of carbonyl (C=O) groups is 2. The smallest absolute Gasteiger partial charge is 0.291 e. The Kier molecular flexibility index (Phi) is 6.72. The molecule has 3 rings (SSSR count). The van der Waals surface area contributed by atoms with Crippen molar-refractivity contribution in [2.75, 3.05) is 5.32 Å². The zero-order valence-corrected chi connectivity index (χ0v) is 17.1. The lowest BCUT2D eigenvalue weighted by Crippen LogP contribution is -2.42. The summed E-state index contributed by atoms with van der Waals surface area (Å²) in [6.45, 7) is 2.20. The van der Waals surface area contributed by atoms with E-state index in [4.69, 9.17) is 4.42 Å². The first-order valence-corrected chi connectivity index (χ1v) is 10.3.